The van der Waals surface area contributed by atoms with E-state index in [-0.39, 0.29) is 35.4 Å². The van der Waals surface area contributed by atoms with Crippen LogP contribution in [0.15, 0.2) is 41.3 Å². The van der Waals surface area contributed by atoms with Crippen molar-refractivity contribution in [3.8, 4) is 5.75 Å². The van der Waals surface area contributed by atoms with Gasteiger partial charge in [-0.1, -0.05) is 42.6 Å². The second-order valence-electron chi connectivity index (χ2n) is 5.91. The first-order valence-corrected chi connectivity index (χ1v) is 8.41. The van der Waals surface area contributed by atoms with Crippen molar-refractivity contribution in [3.05, 3.63) is 63.0 Å². The summed E-state index contributed by atoms with van der Waals surface area (Å²) < 4.78 is 5.51. The molecule has 0 radical (unpaired) electrons. The van der Waals surface area contributed by atoms with Crippen LogP contribution in [0, 0.1) is 0 Å². The summed E-state index contributed by atoms with van der Waals surface area (Å²) in [6.07, 6.45) is 5.68. The molecular weight excluding hydrogens is 328 g/mol. The van der Waals surface area contributed by atoms with E-state index in [2.05, 4.69) is 10.3 Å². The molecule has 1 aromatic carbocycles. The lowest BCUT2D eigenvalue weighted by Crippen LogP contribution is -2.33. The number of halogens is 1. The number of benzene rings is 1. The third-order valence-corrected chi connectivity index (χ3v) is 4.52. The average molecular weight is 347 g/mol. The van der Waals surface area contributed by atoms with E-state index in [1.54, 1.807) is 6.07 Å². The van der Waals surface area contributed by atoms with Crippen molar-refractivity contribution in [1.29, 1.82) is 0 Å². The number of aromatic amines is 1. The minimum absolute atomic E-state index is 0.160. The van der Waals surface area contributed by atoms with Crippen LogP contribution in [0.3, 0.4) is 0 Å². The number of ether oxygens (including phenoxy) is 1. The van der Waals surface area contributed by atoms with Crippen molar-refractivity contribution in [2.75, 3.05) is 0 Å². The van der Waals surface area contributed by atoms with Crippen LogP contribution in [0.25, 0.3) is 0 Å². The molecule has 1 aliphatic rings. The summed E-state index contributed by atoms with van der Waals surface area (Å²) in [4.78, 5) is 27.1. The third-order valence-electron chi connectivity index (χ3n) is 4.15. The van der Waals surface area contributed by atoms with Gasteiger partial charge in [0.05, 0.1) is 0 Å². The molecule has 0 spiro atoms. The van der Waals surface area contributed by atoms with E-state index in [4.69, 9.17) is 16.3 Å². The molecule has 1 fully saturated rings. The zero-order valence-corrected chi connectivity index (χ0v) is 13.9. The highest BCUT2D eigenvalue weighted by Gasteiger charge is 2.18. The number of aromatic nitrogens is 1. The molecule has 126 valence electrons. The third kappa shape index (κ3) is 3.97. The standard InChI is InChI=1S/C18H19ClN2O3/c19-14-8-4-1-5-12(14)11-24-17-10-20-15(9-16(17)22)18(23)21-13-6-2-3-7-13/h1,4-5,8-10,13H,2-3,6-7,11H2,(H,20,22)(H,21,23). The number of pyridine rings is 1. The zero-order valence-electron chi connectivity index (χ0n) is 13.2. The van der Waals surface area contributed by atoms with Gasteiger partial charge in [-0.25, -0.2) is 0 Å². The van der Waals surface area contributed by atoms with E-state index >= 15 is 0 Å². The lowest BCUT2D eigenvalue weighted by molar-refractivity contribution is 0.0932. The number of hydrogen-bond acceptors (Lipinski definition) is 3. The summed E-state index contributed by atoms with van der Waals surface area (Å²) in [5, 5.41) is 3.52. The molecule has 0 saturated heterocycles. The molecule has 24 heavy (non-hydrogen) atoms. The fraction of sp³-hybridized carbons (Fsp3) is 0.333. The average Bonchev–Trinajstić information content (AvgIpc) is 3.08. The van der Waals surface area contributed by atoms with Gasteiger partial charge in [-0.2, -0.15) is 0 Å². The molecule has 1 saturated carbocycles. The monoisotopic (exact) mass is 346 g/mol. The van der Waals surface area contributed by atoms with Gasteiger partial charge >= 0.3 is 0 Å². The van der Waals surface area contributed by atoms with Gasteiger partial charge in [0.1, 0.15) is 12.3 Å². The first kappa shape index (κ1) is 16.6. The molecule has 1 heterocycles. The quantitative estimate of drug-likeness (QED) is 0.872. The predicted molar refractivity (Wildman–Crippen MR) is 92.6 cm³/mol. The minimum atomic E-state index is -0.336. The molecule has 2 N–H and O–H groups in total. The molecule has 0 atom stereocenters. The smallest absolute Gasteiger partial charge is 0.268 e. The number of rotatable bonds is 5. The molecule has 2 aromatic rings. The maximum Gasteiger partial charge on any atom is 0.268 e. The van der Waals surface area contributed by atoms with Crippen molar-refractivity contribution >= 4 is 17.5 Å². The normalized spacial score (nSPS) is 14.5. The van der Waals surface area contributed by atoms with Crippen LogP contribution >= 0.6 is 11.6 Å². The Bertz CT molecular complexity index is 782. The summed E-state index contributed by atoms with van der Waals surface area (Å²) in [7, 11) is 0. The van der Waals surface area contributed by atoms with E-state index in [9.17, 15) is 9.59 Å². The molecule has 1 amide bonds. The van der Waals surface area contributed by atoms with Gasteiger partial charge in [0.25, 0.3) is 5.91 Å². The van der Waals surface area contributed by atoms with Crippen LogP contribution in [-0.4, -0.2) is 16.9 Å². The Morgan fingerprint density at radius 3 is 2.75 bits per heavy atom. The van der Waals surface area contributed by atoms with Gasteiger partial charge in [-0.3, -0.25) is 9.59 Å². The van der Waals surface area contributed by atoms with Crippen LogP contribution in [0.2, 0.25) is 5.02 Å². The fourth-order valence-electron chi connectivity index (χ4n) is 2.81. The Morgan fingerprint density at radius 2 is 2.04 bits per heavy atom. The second kappa shape index (κ2) is 7.53. The summed E-state index contributed by atoms with van der Waals surface area (Å²) in [6.45, 7) is 0.191. The minimum Gasteiger partial charge on any atom is -0.483 e. The number of carbonyl (C=O) groups excluding carboxylic acids is 1. The van der Waals surface area contributed by atoms with E-state index in [0.717, 1.165) is 31.2 Å². The Hall–Kier alpha value is -2.27. The number of nitrogens with one attached hydrogen (secondary N) is 2. The molecular formula is C18H19ClN2O3. The number of carbonyl (C=O) groups is 1. The van der Waals surface area contributed by atoms with Gasteiger partial charge in [-0.15, -0.1) is 0 Å². The highest BCUT2D eigenvalue weighted by atomic mass is 35.5. The maximum atomic E-state index is 12.1. The molecule has 5 nitrogen and oxygen atoms in total. The van der Waals surface area contributed by atoms with Crippen LogP contribution in [0.5, 0.6) is 5.75 Å². The first-order chi connectivity index (χ1) is 11.6. The lowest BCUT2D eigenvalue weighted by Gasteiger charge is -2.12. The van der Waals surface area contributed by atoms with Gasteiger partial charge in [0.15, 0.2) is 5.75 Å². The zero-order chi connectivity index (χ0) is 16.9. The van der Waals surface area contributed by atoms with Crippen molar-refractivity contribution in [1.82, 2.24) is 10.3 Å². The SMILES string of the molecule is O=C(NC1CCCC1)c1cc(=O)c(OCc2ccccc2Cl)c[nH]1. The van der Waals surface area contributed by atoms with Crippen LogP contribution < -0.4 is 15.5 Å². The molecule has 0 aliphatic heterocycles. The van der Waals surface area contributed by atoms with E-state index in [1.165, 1.54) is 12.3 Å². The summed E-state index contributed by atoms with van der Waals surface area (Å²) in [5.74, 6) is -0.0935. The summed E-state index contributed by atoms with van der Waals surface area (Å²) in [5.41, 5.74) is 0.705. The van der Waals surface area contributed by atoms with E-state index in [0.29, 0.717) is 5.02 Å². The highest BCUT2D eigenvalue weighted by molar-refractivity contribution is 6.31. The van der Waals surface area contributed by atoms with Gasteiger partial charge in [0.2, 0.25) is 5.43 Å². The van der Waals surface area contributed by atoms with E-state index < -0.39 is 0 Å². The van der Waals surface area contributed by atoms with E-state index in [1.807, 2.05) is 18.2 Å². The van der Waals surface area contributed by atoms with Gasteiger partial charge < -0.3 is 15.0 Å². The second-order valence-corrected chi connectivity index (χ2v) is 6.32. The molecule has 1 aromatic heterocycles. The Balaban J connectivity index is 1.65. The predicted octanol–water partition coefficient (Wildman–Crippen LogP) is 3.28. The van der Waals surface area contributed by atoms with Crippen LogP contribution in [-0.2, 0) is 6.61 Å². The van der Waals surface area contributed by atoms with Crippen molar-refractivity contribution in [2.45, 2.75) is 38.3 Å². The number of hydrogen-bond donors (Lipinski definition) is 2. The van der Waals surface area contributed by atoms with Gasteiger partial charge in [0, 0.05) is 28.9 Å². The molecule has 0 unspecified atom stereocenters. The van der Waals surface area contributed by atoms with Crippen LogP contribution in [0.4, 0.5) is 0 Å². The largest absolute Gasteiger partial charge is 0.483 e. The highest BCUT2D eigenvalue weighted by Crippen LogP contribution is 2.18. The van der Waals surface area contributed by atoms with Crippen LogP contribution in [0.1, 0.15) is 41.7 Å². The number of amides is 1. The van der Waals surface area contributed by atoms with Crippen molar-refractivity contribution in [2.24, 2.45) is 0 Å². The first-order valence-electron chi connectivity index (χ1n) is 8.03. The molecule has 3 rings (SSSR count). The Labute approximate surface area is 145 Å². The molecule has 1 aliphatic carbocycles. The van der Waals surface area contributed by atoms with Gasteiger partial charge in [-0.05, 0) is 18.9 Å². The summed E-state index contributed by atoms with van der Waals surface area (Å²) >= 11 is 6.06. The lowest BCUT2D eigenvalue weighted by atomic mass is 10.2. The van der Waals surface area contributed by atoms with Crippen molar-refractivity contribution in [3.63, 3.8) is 0 Å². The topological polar surface area (TPSA) is 71.2 Å². The summed E-state index contributed by atoms with van der Waals surface area (Å²) in [6, 6.07) is 8.76. The maximum absolute atomic E-state index is 12.1. The number of H-pyrrole nitrogens is 1. The van der Waals surface area contributed by atoms with Crippen molar-refractivity contribution < 1.29 is 9.53 Å². The fourth-order valence-corrected chi connectivity index (χ4v) is 3.00. The Morgan fingerprint density at radius 1 is 1.29 bits per heavy atom. The molecule has 0 bridgehead atoms. The Kier molecular flexibility index (Phi) is 5.20. The molecule has 6 heteroatoms.